The van der Waals surface area contributed by atoms with Gasteiger partial charge in [-0.2, -0.15) is 0 Å². The van der Waals surface area contributed by atoms with Crippen molar-refractivity contribution in [3.8, 4) is 11.5 Å². The van der Waals surface area contributed by atoms with Crippen LogP contribution >= 0.6 is 11.6 Å². The van der Waals surface area contributed by atoms with Crippen molar-refractivity contribution < 1.29 is 9.47 Å². The lowest BCUT2D eigenvalue weighted by atomic mass is 10.2. The molecule has 0 saturated heterocycles. The van der Waals surface area contributed by atoms with Crippen molar-refractivity contribution in [2.45, 2.75) is 19.9 Å². The number of hydrogen-bond acceptors (Lipinski definition) is 4. The molecule has 19 heavy (non-hydrogen) atoms. The molecule has 0 amide bonds. The fraction of sp³-hybridized carbons (Fsp3) is 0.571. The van der Waals surface area contributed by atoms with Gasteiger partial charge in [-0.25, -0.2) is 0 Å². The molecule has 0 aliphatic heterocycles. The van der Waals surface area contributed by atoms with Crippen LogP contribution in [0.5, 0.6) is 11.5 Å². The Hall–Kier alpha value is -0.970. The largest absolute Gasteiger partial charge is 0.493 e. The molecule has 1 rings (SSSR count). The Kier molecular flexibility index (Phi) is 7.63. The smallest absolute Gasteiger partial charge is 0.179 e. The molecule has 0 aromatic heterocycles. The summed E-state index contributed by atoms with van der Waals surface area (Å²) in [7, 11) is 3.58. The number of hydrogen-bond donors (Lipinski definition) is 2. The highest BCUT2D eigenvalue weighted by atomic mass is 35.5. The molecule has 4 nitrogen and oxygen atoms in total. The number of rotatable bonds is 9. The molecule has 0 aliphatic rings. The van der Waals surface area contributed by atoms with Gasteiger partial charge >= 0.3 is 0 Å². The lowest BCUT2D eigenvalue weighted by Crippen LogP contribution is -2.19. The summed E-state index contributed by atoms with van der Waals surface area (Å²) in [6.07, 6.45) is 1.10. The van der Waals surface area contributed by atoms with E-state index in [0.717, 1.165) is 31.6 Å². The van der Waals surface area contributed by atoms with Gasteiger partial charge in [0.05, 0.1) is 18.7 Å². The van der Waals surface area contributed by atoms with Gasteiger partial charge < -0.3 is 20.1 Å². The zero-order valence-electron chi connectivity index (χ0n) is 11.9. The molecule has 0 aliphatic carbocycles. The van der Waals surface area contributed by atoms with Crippen molar-refractivity contribution in [2.24, 2.45) is 0 Å². The molecule has 0 bridgehead atoms. The van der Waals surface area contributed by atoms with E-state index in [4.69, 9.17) is 21.1 Å². The summed E-state index contributed by atoms with van der Waals surface area (Å²) >= 11 is 6.21. The summed E-state index contributed by atoms with van der Waals surface area (Å²) in [6, 6.07) is 3.88. The molecular weight excluding hydrogens is 264 g/mol. The van der Waals surface area contributed by atoms with Crippen molar-refractivity contribution in [3.63, 3.8) is 0 Å². The summed E-state index contributed by atoms with van der Waals surface area (Å²) in [5, 5.41) is 7.08. The van der Waals surface area contributed by atoms with E-state index in [2.05, 4.69) is 10.6 Å². The first kappa shape index (κ1) is 16.1. The Morgan fingerprint density at radius 2 is 2.05 bits per heavy atom. The van der Waals surface area contributed by atoms with Crippen LogP contribution in [0.1, 0.15) is 18.9 Å². The van der Waals surface area contributed by atoms with Gasteiger partial charge in [0.25, 0.3) is 0 Å². The maximum atomic E-state index is 6.21. The molecule has 0 spiro atoms. The van der Waals surface area contributed by atoms with Crippen LogP contribution in [0.4, 0.5) is 0 Å². The quantitative estimate of drug-likeness (QED) is 0.684. The number of benzene rings is 1. The minimum absolute atomic E-state index is 0.567. The van der Waals surface area contributed by atoms with Crippen LogP contribution in [-0.2, 0) is 6.54 Å². The van der Waals surface area contributed by atoms with E-state index in [1.807, 2.05) is 26.1 Å². The van der Waals surface area contributed by atoms with Gasteiger partial charge in [-0.15, -0.1) is 0 Å². The minimum atomic E-state index is 0.567. The number of nitrogens with one attached hydrogen (secondary N) is 2. The van der Waals surface area contributed by atoms with Gasteiger partial charge in [0.1, 0.15) is 0 Å². The first-order chi connectivity index (χ1) is 9.22. The minimum Gasteiger partial charge on any atom is -0.493 e. The zero-order valence-corrected chi connectivity index (χ0v) is 12.6. The molecule has 1 aromatic carbocycles. The first-order valence-corrected chi connectivity index (χ1v) is 6.95. The van der Waals surface area contributed by atoms with Crippen LogP contribution < -0.4 is 20.1 Å². The van der Waals surface area contributed by atoms with Crippen molar-refractivity contribution in [1.29, 1.82) is 0 Å². The van der Waals surface area contributed by atoms with E-state index in [0.29, 0.717) is 23.1 Å². The molecule has 0 saturated carbocycles. The topological polar surface area (TPSA) is 42.5 Å². The van der Waals surface area contributed by atoms with Crippen molar-refractivity contribution in [1.82, 2.24) is 10.6 Å². The average Bonchev–Trinajstić information content (AvgIpc) is 2.41. The van der Waals surface area contributed by atoms with Crippen LogP contribution in [0.3, 0.4) is 0 Å². The maximum Gasteiger partial charge on any atom is 0.179 e. The maximum absolute atomic E-state index is 6.21. The third-order valence-electron chi connectivity index (χ3n) is 2.69. The van der Waals surface area contributed by atoms with Crippen LogP contribution in [0.15, 0.2) is 12.1 Å². The van der Waals surface area contributed by atoms with Crippen molar-refractivity contribution in [3.05, 3.63) is 22.7 Å². The average molecular weight is 287 g/mol. The van der Waals surface area contributed by atoms with Crippen molar-refractivity contribution in [2.75, 3.05) is 33.9 Å². The monoisotopic (exact) mass is 286 g/mol. The molecule has 0 radical (unpaired) electrons. The zero-order chi connectivity index (χ0) is 14.1. The predicted octanol–water partition coefficient (Wildman–Crippen LogP) is 2.45. The lowest BCUT2D eigenvalue weighted by molar-refractivity contribution is 0.311. The van der Waals surface area contributed by atoms with Crippen molar-refractivity contribution >= 4 is 11.6 Å². The molecule has 0 atom stereocenters. The Labute approximate surface area is 120 Å². The SMILES string of the molecule is CCOc1c(Cl)cc(CNCCCNC)cc1OC. The highest BCUT2D eigenvalue weighted by molar-refractivity contribution is 6.32. The number of halogens is 1. The Bertz CT molecular complexity index is 386. The van der Waals surface area contributed by atoms with E-state index in [-0.39, 0.29) is 0 Å². The van der Waals surface area contributed by atoms with Gasteiger partial charge in [-0.1, -0.05) is 11.6 Å². The number of ether oxygens (including phenoxy) is 2. The Morgan fingerprint density at radius 1 is 1.26 bits per heavy atom. The second kappa shape index (κ2) is 9.02. The van der Waals surface area contributed by atoms with Gasteiger partial charge in [0.2, 0.25) is 0 Å². The third kappa shape index (κ3) is 5.27. The van der Waals surface area contributed by atoms with Gasteiger partial charge in [0, 0.05) is 6.54 Å². The van der Waals surface area contributed by atoms with Gasteiger partial charge in [-0.05, 0) is 51.2 Å². The number of methoxy groups -OCH3 is 1. The van der Waals surface area contributed by atoms with E-state index in [1.165, 1.54) is 0 Å². The van der Waals surface area contributed by atoms with Crippen LogP contribution in [0, 0.1) is 0 Å². The molecule has 0 fully saturated rings. The second-order valence-electron chi connectivity index (χ2n) is 4.18. The fourth-order valence-corrected chi connectivity index (χ4v) is 2.07. The second-order valence-corrected chi connectivity index (χ2v) is 4.58. The lowest BCUT2D eigenvalue weighted by Gasteiger charge is -2.13. The Balaban J connectivity index is 2.62. The fourth-order valence-electron chi connectivity index (χ4n) is 1.78. The summed E-state index contributed by atoms with van der Waals surface area (Å²) < 4.78 is 10.8. The van der Waals surface area contributed by atoms with Gasteiger partial charge in [-0.3, -0.25) is 0 Å². The highest BCUT2D eigenvalue weighted by Gasteiger charge is 2.11. The highest BCUT2D eigenvalue weighted by Crippen LogP contribution is 2.36. The van der Waals surface area contributed by atoms with Gasteiger partial charge in [0.15, 0.2) is 11.5 Å². The summed E-state index contributed by atoms with van der Waals surface area (Å²) in [6.45, 7) is 5.24. The third-order valence-corrected chi connectivity index (χ3v) is 2.97. The molecular formula is C14H23ClN2O2. The van der Waals surface area contributed by atoms with Crippen LogP contribution in [-0.4, -0.2) is 33.9 Å². The van der Waals surface area contributed by atoms with Crippen LogP contribution in [0.2, 0.25) is 5.02 Å². The molecule has 108 valence electrons. The molecule has 2 N–H and O–H groups in total. The predicted molar refractivity (Wildman–Crippen MR) is 79.4 cm³/mol. The molecule has 1 aromatic rings. The first-order valence-electron chi connectivity index (χ1n) is 6.57. The normalized spacial score (nSPS) is 10.5. The Morgan fingerprint density at radius 3 is 2.68 bits per heavy atom. The van der Waals surface area contributed by atoms with E-state index in [9.17, 15) is 0 Å². The molecule has 5 heteroatoms. The van der Waals surface area contributed by atoms with Crippen LogP contribution in [0.25, 0.3) is 0 Å². The van der Waals surface area contributed by atoms with E-state index in [1.54, 1.807) is 7.11 Å². The van der Waals surface area contributed by atoms with E-state index < -0.39 is 0 Å². The summed E-state index contributed by atoms with van der Waals surface area (Å²) in [4.78, 5) is 0. The van der Waals surface area contributed by atoms with E-state index >= 15 is 0 Å². The summed E-state index contributed by atoms with van der Waals surface area (Å²) in [5.74, 6) is 1.30. The summed E-state index contributed by atoms with van der Waals surface area (Å²) in [5.41, 5.74) is 1.09. The molecule has 0 unspecified atom stereocenters. The molecule has 0 heterocycles. The standard InChI is InChI=1S/C14H23ClN2O2/c1-4-19-14-12(15)8-11(9-13(14)18-3)10-17-7-5-6-16-2/h8-9,16-17H,4-7,10H2,1-3H3.